The summed E-state index contributed by atoms with van der Waals surface area (Å²) >= 11 is 0. The van der Waals surface area contributed by atoms with Crippen molar-refractivity contribution in [2.45, 2.75) is 6.92 Å². The number of pyridine rings is 1. The van der Waals surface area contributed by atoms with Gasteiger partial charge in [0.2, 0.25) is 0 Å². The maximum Gasteiger partial charge on any atom is 0.321 e. The Morgan fingerprint density at radius 3 is 2.65 bits per heavy atom. The average molecular weight is 238 g/mol. The second-order valence-electron chi connectivity index (χ2n) is 3.12. The Hall–Kier alpha value is -2.51. The van der Waals surface area contributed by atoms with Crippen LogP contribution >= 0.6 is 0 Å². The lowest BCUT2D eigenvalue weighted by molar-refractivity contribution is -0.385. The van der Waals surface area contributed by atoms with Crippen molar-refractivity contribution in [1.82, 2.24) is 15.6 Å². The lowest BCUT2D eigenvalue weighted by Gasteiger charge is -2.05. The van der Waals surface area contributed by atoms with Crippen LogP contribution in [-0.4, -0.2) is 28.9 Å². The number of nitro groups is 1. The Morgan fingerprint density at radius 2 is 2.12 bits per heavy atom. The SMILES string of the molecule is CNC(=O)NC(=O)c1cc([N+](=O)[O-])cnc1C. The van der Waals surface area contributed by atoms with E-state index in [2.05, 4.69) is 10.3 Å². The number of nitrogens with zero attached hydrogens (tertiary/aromatic N) is 2. The van der Waals surface area contributed by atoms with Gasteiger partial charge in [-0.15, -0.1) is 0 Å². The molecule has 3 amide bonds. The predicted octanol–water partition coefficient (Wildman–Crippen LogP) is 0.367. The summed E-state index contributed by atoms with van der Waals surface area (Å²) < 4.78 is 0. The van der Waals surface area contributed by atoms with Gasteiger partial charge in [0.15, 0.2) is 0 Å². The molecule has 17 heavy (non-hydrogen) atoms. The number of urea groups is 1. The van der Waals surface area contributed by atoms with Crippen LogP contribution in [0.1, 0.15) is 16.1 Å². The van der Waals surface area contributed by atoms with Crippen molar-refractivity contribution in [1.29, 1.82) is 0 Å². The smallest absolute Gasteiger partial charge is 0.321 e. The Balaban J connectivity index is 3.04. The molecule has 0 spiro atoms. The first-order valence-corrected chi connectivity index (χ1v) is 4.59. The molecular weight excluding hydrogens is 228 g/mol. The first-order chi connectivity index (χ1) is 7.95. The molecule has 2 N–H and O–H groups in total. The van der Waals surface area contributed by atoms with E-state index >= 15 is 0 Å². The van der Waals surface area contributed by atoms with Crippen molar-refractivity contribution in [3.63, 3.8) is 0 Å². The summed E-state index contributed by atoms with van der Waals surface area (Å²) in [6, 6.07) is 0.376. The molecular formula is C9H10N4O4. The van der Waals surface area contributed by atoms with Gasteiger partial charge in [0.1, 0.15) is 6.20 Å². The van der Waals surface area contributed by atoms with E-state index in [1.54, 1.807) is 0 Å². The van der Waals surface area contributed by atoms with E-state index in [4.69, 9.17) is 0 Å². The molecule has 0 saturated heterocycles. The molecule has 1 aromatic heterocycles. The molecule has 0 aromatic carbocycles. The number of carbonyl (C=O) groups excluding carboxylic acids is 2. The summed E-state index contributed by atoms with van der Waals surface area (Å²) in [6.45, 7) is 1.52. The first-order valence-electron chi connectivity index (χ1n) is 4.59. The van der Waals surface area contributed by atoms with Gasteiger partial charge in [-0.1, -0.05) is 0 Å². The lowest BCUT2D eigenvalue weighted by atomic mass is 10.2. The molecule has 1 rings (SSSR count). The number of rotatable bonds is 2. The normalized spacial score (nSPS) is 9.53. The van der Waals surface area contributed by atoms with Gasteiger partial charge in [-0.2, -0.15) is 0 Å². The molecule has 1 heterocycles. The van der Waals surface area contributed by atoms with E-state index in [-0.39, 0.29) is 11.3 Å². The van der Waals surface area contributed by atoms with Gasteiger partial charge >= 0.3 is 6.03 Å². The predicted molar refractivity (Wildman–Crippen MR) is 57.6 cm³/mol. The average Bonchev–Trinajstić information content (AvgIpc) is 2.28. The fraction of sp³-hybridized carbons (Fsp3) is 0.222. The third-order valence-electron chi connectivity index (χ3n) is 1.98. The van der Waals surface area contributed by atoms with Crippen LogP contribution in [0.15, 0.2) is 12.3 Å². The summed E-state index contributed by atoms with van der Waals surface area (Å²) in [5.74, 6) is -0.738. The summed E-state index contributed by atoms with van der Waals surface area (Å²) in [6.07, 6.45) is 1.05. The van der Waals surface area contributed by atoms with E-state index in [1.807, 2.05) is 5.32 Å². The zero-order chi connectivity index (χ0) is 13.0. The van der Waals surface area contributed by atoms with Gasteiger partial charge in [0.25, 0.3) is 11.6 Å². The van der Waals surface area contributed by atoms with Crippen LogP contribution in [0.5, 0.6) is 0 Å². The lowest BCUT2D eigenvalue weighted by Crippen LogP contribution is -2.37. The number of imide groups is 1. The molecule has 8 heteroatoms. The van der Waals surface area contributed by atoms with Gasteiger partial charge in [-0.05, 0) is 6.92 Å². The minimum atomic E-state index is -0.738. The number of amides is 3. The maximum absolute atomic E-state index is 11.6. The second kappa shape index (κ2) is 5.01. The minimum Gasteiger partial charge on any atom is -0.341 e. The fourth-order valence-electron chi connectivity index (χ4n) is 1.08. The molecule has 90 valence electrons. The first kappa shape index (κ1) is 12.6. The molecule has 0 aliphatic heterocycles. The van der Waals surface area contributed by atoms with E-state index in [0.29, 0.717) is 5.69 Å². The van der Waals surface area contributed by atoms with E-state index in [9.17, 15) is 19.7 Å². The van der Waals surface area contributed by atoms with Crippen molar-refractivity contribution >= 4 is 17.6 Å². The number of nitrogens with one attached hydrogen (secondary N) is 2. The van der Waals surface area contributed by atoms with E-state index in [1.165, 1.54) is 14.0 Å². The summed E-state index contributed by atoms with van der Waals surface area (Å²) in [5, 5.41) is 14.7. The quantitative estimate of drug-likeness (QED) is 0.570. The summed E-state index contributed by atoms with van der Waals surface area (Å²) in [4.78, 5) is 36.1. The van der Waals surface area contributed by atoms with Crippen LogP contribution in [-0.2, 0) is 0 Å². The molecule has 0 unspecified atom stereocenters. The molecule has 0 saturated carbocycles. The molecule has 0 radical (unpaired) electrons. The molecule has 0 fully saturated rings. The topological polar surface area (TPSA) is 114 Å². The van der Waals surface area contributed by atoms with Crippen molar-refractivity contribution in [3.05, 3.63) is 33.6 Å². The van der Waals surface area contributed by atoms with Crippen molar-refractivity contribution in [2.75, 3.05) is 7.05 Å². The fourth-order valence-corrected chi connectivity index (χ4v) is 1.08. The van der Waals surface area contributed by atoms with Crippen LogP contribution in [0.3, 0.4) is 0 Å². The van der Waals surface area contributed by atoms with Gasteiger partial charge in [-0.3, -0.25) is 25.2 Å². The zero-order valence-corrected chi connectivity index (χ0v) is 9.18. The highest BCUT2D eigenvalue weighted by atomic mass is 16.6. The van der Waals surface area contributed by atoms with Gasteiger partial charge in [0, 0.05) is 13.1 Å². The largest absolute Gasteiger partial charge is 0.341 e. The third-order valence-corrected chi connectivity index (χ3v) is 1.98. The molecule has 0 aliphatic carbocycles. The summed E-state index contributed by atoms with van der Waals surface area (Å²) in [5.41, 5.74) is -0.0162. The highest BCUT2D eigenvalue weighted by Gasteiger charge is 2.17. The van der Waals surface area contributed by atoms with E-state index < -0.39 is 16.9 Å². The number of aryl methyl sites for hydroxylation is 1. The number of aromatic nitrogens is 1. The van der Waals surface area contributed by atoms with Crippen molar-refractivity contribution in [2.24, 2.45) is 0 Å². The van der Waals surface area contributed by atoms with Crippen LogP contribution in [0.4, 0.5) is 10.5 Å². The Morgan fingerprint density at radius 1 is 1.47 bits per heavy atom. The van der Waals surface area contributed by atoms with Gasteiger partial charge < -0.3 is 5.32 Å². The van der Waals surface area contributed by atoms with Crippen LogP contribution < -0.4 is 10.6 Å². The second-order valence-corrected chi connectivity index (χ2v) is 3.12. The monoisotopic (exact) mass is 238 g/mol. The van der Waals surface area contributed by atoms with Crippen LogP contribution in [0.25, 0.3) is 0 Å². The van der Waals surface area contributed by atoms with Crippen LogP contribution in [0.2, 0.25) is 0 Å². The Kier molecular flexibility index (Phi) is 3.70. The maximum atomic E-state index is 11.6. The molecule has 0 atom stereocenters. The molecule has 0 aliphatic rings. The standard InChI is InChI=1S/C9H10N4O4/c1-5-7(8(14)12-9(15)10-2)3-6(4-11-5)13(16)17/h3-4H,1-2H3,(H2,10,12,14,15). The van der Waals surface area contributed by atoms with Crippen molar-refractivity contribution < 1.29 is 14.5 Å². The number of hydrogen-bond donors (Lipinski definition) is 2. The number of carbonyl (C=O) groups is 2. The molecule has 0 bridgehead atoms. The number of hydrogen-bond acceptors (Lipinski definition) is 5. The highest BCUT2D eigenvalue weighted by Crippen LogP contribution is 2.14. The third kappa shape index (κ3) is 2.97. The molecule has 8 nitrogen and oxygen atoms in total. The van der Waals surface area contributed by atoms with E-state index in [0.717, 1.165) is 12.3 Å². The van der Waals surface area contributed by atoms with Crippen LogP contribution in [0, 0.1) is 17.0 Å². The minimum absolute atomic E-state index is 0.0113. The van der Waals surface area contributed by atoms with Gasteiger partial charge in [0.05, 0.1) is 16.2 Å². The highest BCUT2D eigenvalue weighted by molar-refractivity contribution is 6.05. The Labute approximate surface area is 96.2 Å². The van der Waals surface area contributed by atoms with Crippen molar-refractivity contribution in [3.8, 4) is 0 Å². The van der Waals surface area contributed by atoms with Gasteiger partial charge in [-0.25, -0.2) is 4.79 Å². The molecule has 1 aromatic rings. The Bertz CT molecular complexity index is 486. The zero-order valence-electron chi connectivity index (χ0n) is 9.18. The summed E-state index contributed by atoms with van der Waals surface area (Å²) in [7, 11) is 1.35.